The Morgan fingerprint density at radius 2 is 2.00 bits per heavy atom. The third-order valence-electron chi connectivity index (χ3n) is 2.85. The molecule has 15 heavy (non-hydrogen) atoms. The number of nitrogens with one attached hydrogen (secondary N) is 1. The van der Waals surface area contributed by atoms with Crippen LogP contribution in [0.2, 0.25) is 0 Å². The van der Waals surface area contributed by atoms with Crippen LogP contribution in [0, 0.1) is 13.8 Å². The van der Waals surface area contributed by atoms with Crippen molar-refractivity contribution in [3.63, 3.8) is 0 Å². The fourth-order valence-corrected chi connectivity index (χ4v) is 2.04. The van der Waals surface area contributed by atoms with Gasteiger partial charge in [-0.25, -0.2) is 4.79 Å². The molecule has 0 saturated heterocycles. The normalized spacial score (nSPS) is 11.5. The SMILES string of the molecule is Cc1cc2[nH]c(=O)oc2c(C(C)C)c1C. The molecule has 0 radical (unpaired) electrons. The predicted molar refractivity (Wildman–Crippen MR) is 60.4 cm³/mol. The van der Waals surface area contributed by atoms with Gasteiger partial charge in [-0.2, -0.15) is 0 Å². The molecule has 3 nitrogen and oxygen atoms in total. The van der Waals surface area contributed by atoms with Gasteiger partial charge in [-0.05, 0) is 37.0 Å². The molecule has 0 fully saturated rings. The molecule has 0 aliphatic rings. The molecule has 0 bridgehead atoms. The van der Waals surface area contributed by atoms with Crippen molar-refractivity contribution in [2.45, 2.75) is 33.6 Å². The topological polar surface area (TPSA) is 46.0 Å². The van der Waals surface area contributed by atoms with E-state index in [1.54, 1.807) is 0 Å². The summed E-state index contributed by atoms with van der Waals surface area (Å²) < 4.78 is 5.19. The smallest absolute Gasteiger partial charge is 0.408 e. The second-order valence-electron chi connectivity index (χ2n) is 4.28. The lowest BCUT2D eigenvalue weighted by Gasteiger charge is -2.11. The van der Waals surface area contributed by atoms with Gasteiger partial charge < -0.3 is 4.42 Å². The summed E-state index contributed by atoms with van der Waals surface area (Å²) in [6.45, 7) is 8.32. The van der Waals surface area contributed by atoms with Crippen molar-refractivity contribution >= 4 is 11.1 Å². The molecule has 2 rings (SSSR count). The average molecular weight is 205 g/mol. The maximum absolute atomic E-state index is 11.2. The molecule has 0 aliphatic heterocycles. The lowest BCUT2D eigenvalue weighted by atomic mass is 9.94. The molecule has 1 aromatic heterocycles. The van der Waals surface area contributed by atoms with E-state index in [0.717, 1.165) is 11.1 Å². The zero-order valence-electron chi connectivity index (χ0n) is 9.47. The largest absolute Gasteiger partial charge is 0.417 e. The molecule has 80 valence electrons. The summed E-state index contributed by atoms with van der Waals surface area (Å²) in [4.78, 5) is 13.9. The van der Waals surface area contributed by atoms with Crippen molar-refractivity contribution in [1.29, 1.82) is 0 Å². The second-order valence-corrected chi connectivity index (χ2v) is 4.28. The molecule has 1 heterocycles. The van der Waals surface area contributed by atoms with Crippen molar-refractivity contribution in [2.75, 3.05) is 0 Å². The minimum Gasteiger partial charge on any atom is -0.408 e. The Bertz CT molecular complexity index is 561. The van der Waals surface area contributed by atoms with E-state index in [-0.39, 0.29) is 5.76 Å². The monoisotopic (exact) mass is 205 g/mol. The van der Waals surface area contributed by atoms with Gasteiger partial charge in [0.2, 0.25) is 0 Å². The van der Waals surface area contributed by atoms with Crippen LogP contribution in [0.5, 0.6) is 0 Å². The van der Waals surface area contributed by atoms with Gasteiger partial charge in [-0.15, -0.1) is 0 Å². The Balaban J connectivity index is 2.94. The van der Waals surface area contributed by atoms with E-state index in [2.05, 4.69) is 25.8 Å². The van der Waals surface area contributed by atoms with Gasteiger partial charge in [-0.3, -0.25) is 4.98 Å². The van der Waals surface area contributed by atoms with E-state index in [9.17, 15) is 4.79 Å². The molecular formula is C12H15NO2. The summed E-state index contributed by atoms with van der Waals surface area (Å²) in [5, 5.41) is 0. The quantitative estimate of drug-likeness (QED) is 0.778. The zero-order chi connectivity index (χ0) is 11.2. The van der Waals surface area contributed by atoms with Crippen molar-refractivity contribution in [3.8, 4) is 0 Å². The lowest BCUT2D eigenvalue weighted by molar-refractivity contribution is 0.549. The molecule has 0 amide bonds. The molecular weight excluding hydrogens is 190 g/mol. The molecule has 0 atom stereocenters. The van der Waals surface area contributed by atoms with Crippen LogP contribution in [-0.2, 0) is 0 Å². The van der Waals surface area contributed by atoms with Gasteiger partial charge in [0.15, 0.2) is 5.58 Å². The van der Waals surface area contributed by atoms with Crippen LogP contribution in [0.1, 0.15) is 36.5 Å². The molecule has 1 N–H and O–H groups in total. The number of hydrogen-bond acceptors (Lipinski definition) is 2. The number of benzene rings is 1. The Hall–Kier alpha value is -1.51. The Kier molecular flexibility index (Phi) is 2.18. The van der Waals surface area contributed by atoms with Crippen LogP contribution in [0.3, 0.4) is 0 Å². The third-order valence-corrected chi connectivity index (χ3v) is 2.85. The first-order valence-electron chi connectivity index (χ1n) is 5.13. The van der Waals surface area contributed by atoms with Crippen LogP contribution in [0.4, 0.5) is 0 Å². The summed E-state index contributed by atoms with van der Waals surface area (Å²) in [5.74, 6) is -0.0248. The van der Waals surface area contributed by atoms with Crippen LogP contribution in [0.25, 0.3) is 11.1 Å². The van der Waals surface area contributed by atoms with Gasteiger partial charge in [-0.1, -0.05) is 13.8 Å². The van der Waals surface area contributed by atoms with Gasteiger partial charge in [0, 0.05) is 5.56 Å². The first-order chi connectivity index (χ1) is 7.00. The Morgan fingerprint density at radius 1 is 1.33 bits per heavy atom. The van der Waals surface area contributed by atoms with Crippen LogP contribution < -0.4 is 5.76 Å². The van der Waals surface area contributed by atoms with E-state index in [4.69, 9.17) is 4.42 Å². The predicted octanol–water partition coefficient (Wildman–Crippen LogP) is 2.86. The van der Waals surface area contributed by atoms with E-state index in [1.807, 2.05) is 13.0 Å². The van der Waals surface area contributed by atoms with Gasteiger partial charge >= 0.3 is 5.76 Å². The molecule has 2 aromatic rings. The van der Waals surface area contributed by atoms with Crippen LogP contribution in [0.15, 0.2) is 15.3 Å². The number of fused-ring (bicyclic) bond motifs is 1. The van der Waals surface area contributed by atoms with Crippen molar-refractivity contribution in [1.82, 2.24) is 4.98 Å². The van der Waals surface area contributed by atoms with Gasteiger partial charge in [0.1, 0.15) is 0 Å². The third kappa shape index (κ3) is 1.48. The highest BCUT2D eigenvalue weighted by molar-refractivity contribution is 5.79. The maximum atomic E-state index is 11.2. The van der Waals surface area contributed by atoms with Gasteiger partial charge in [0.25, 0.3) is 0 Å². The number of aromatic nitrogens is 1. The number of rotatable bonds is 1. The summed E-state index contributed by atoms with van der Waals surface area (Å²) in [7, 11) is 0. The minimum absolute atomic E-state index is 0.353. The first-order valence-corrected chi connectivity index (χ1v) is 5.13. The fourth-order valence-electron chi connectivity index (χ4n) is 2.04. The molecule has 0 unspecified atom stereocenters. The van der Waals surface area contributed by atoms with Crippen molar-refractivity contribution < 1.29 is 4.42 Å². The van der Waals surface area contributed by atoms with Gasteiger partial charge in [0.05, 0.1) is 5.52 Å². The molecule has 0 aliphatic carbocycles. The number of hydrogen-bond donors (Lipinski definition) is 1. The number of aryl methyl sites for hydroxylation is 1. The Morgan fingerprint density at radius 3 is 2.60 bits per heavy atom. The van der Waals surface area contributed by atoms with E-state index in [1.165, 1.54) is 11.1 Å². The van der Waals surface area contributed by atoms with Crippen molar-refractivity contribution in [2.24, 2.45) is 0 Å². The molecule has 0 saturated carbocycles. The minimum atomic E-state index is -0.378. The fraction of sp³-hybridized carbons (Fsp3) is 0.417. The molecule has 3 heteroatoms. The van der Waals surface area contributed by atoms with Crippen molar-refractivity contribution in [3.05, 3.63) is 33.3 Å². The highest BCUT2D eigenvalue weighted by Gasteiger charge is 2.14. The number of H-pyrrole nitrogens is 1. The first kappa shape index (κ1) is 10.0. The summed E-state index contributed by atoms with van der Waals surface area (Å²) in [6, 6.07) is 1.96. The number of aromatic amines is 1. The lowest BCUT2D eigenvalue weighted by Crippen LogP contribution is -1.95. The van der Waals surface area contributed by atoms with E-state index in [0.29, 0.717) is 11.5 Å². The average Bonchev–Trinajstić information content (AvgIpc) is 2.46. The summed E-state index contributed by atoms with van der Waals surface area (Å²) >= 11 is 0. The standard InChI is InChI=1S/C12H15NO2/c1-6(2)10-8(4)7(3)5-9-11(10)15-12(14)13-9/h5-6H,1-4H3,(H,13,14). The van der Waals surface area contributed by atoms with E-state index >= 15 is 0 Å². The summed E-state index contributed by atoms with van der Waals surface area (Å²) in [6.07, 6.45) is 0. The highest BCUT2D eigenvalue weighted by Crippen LogP contribution is 2.29. The number of oxazole rings is 1. The molecule has 0 spiro atoms. The maximum Gasteiger partial charge on any atom is 0.417 e. The van der Waals surface area contributed by atoms with Crippen LogP contribution in [-0.4, -0.2) is 4.98 Å². The Labute approximate surface area is 88.1 Å². The summed E-state index contributed by atoms with van der Waals surface area (Å²) in [5.41, 5.74) is 5.02. The zero-order valence-corrected chi connectivity index (χ0v) is 9.47. The van der Waals surface area contributed by atoms with E-state index < -0.39 is 0 Å². The second kappa shape index (κ2) is 3.26. The van der Waals surface area contributed by atoms with Crippen LogP contribution >= 0.6 is 0 Å². The highest BCUT2D eigenvalue weighted by atomic mass is 16.4. The molecule has 1 aromatic carbocycles.